The molecule has 1 fully saturated rings. The predicted molar refractivity (Wildman–Crippen MR) is 72.5 cm³/mol. The van der Waals surface area contributed by atoms with Crippen molar-refractivity contribution in [3.63, 3.8) is 0 Å². The van der Waals surface area contributed by atoms with Crippen molar-refractivity contribution in [3.8, 4) is 0 Å². The Morgan fingerprint density at radius 1 is 1.35 bits per heavy atom. The molecule has 20 heavy (non-hydrogen) atoms. The molecule has 0 spiro atoms. The molecule has 1 aromatic rings. The van der Waals surface area contributed by atoms with Crippen molar-refractivity contribution in [2.24, 2.45) is 0 Å². The van der Waals surface area contributed by atoms with Crippen LogP contribution in [-0.2, 0) is 6.18 Å². The van der Waals surface area contributed by atoms with Gasteiger partial charge in [0.05, 0.1) is 5.56 Å². The minimum absolute atomic E-state index is 0.0619. The molecule has 1 aliphatic heterocycles. The topological polar surface area (TPSA) is 49.5 Å². The van der Waals surface area contributed by atoms with Crippen molar-refractivity contribution in [2.75, 3.05) is 23.8 Å². The van der Waals surface area contributed by atoms with Gasteiger partial charge in [0.2, 0.25) is 0 Å². The summed E-state index contributed by atoms with van der Waals surface area (Å²) in [6, 6.07) is 4.02. The number of halogens is 3. The fourth-order valence-corrected chi connectivity index (χ4v) is 2.81. The molecule has 1 saturated heterocycles. The van der Waals surface area contributed by atoms with Crippen LogP contribution < -0.4 is 10.6 Å². The van der Waals surface area contributed by atoms with Crippen LogP contribution in [0.2, 0.25) is 0 Å². The highest BCUT2D eigenvalue weighted by Gasteiger charge is 2.37. The Morgan fingerprint density at radius 2 is 2.10 bits per heavy atom. The molecule has 2 rings (SSSR count). The van der Waals surface area contributed by atoms with Crippen LogP contribution in [0, 0.1) is 0 Å². The van der Waals surface area contributed by atoms with E-state index in [4.69, 9.17) is 10.8 Å². The summed E-state index contributed by atoms with van der Waals surface area (Å²) < 4.78 is 39.4. The molecule has 1 atom stereocenters. The summed E-state index contributed by atoms with van der Waals surface area (Å²) in [6.45, 7) is 0.682. The number of rotatable bonds is 4. The fraction of sp³-hybridized carbons (Fsp3) is 0.571. The van der Waals surface area contributed by atoms with Gasteiger partial charge in [0.1, 0.15) is 0 Å². The number of aliphatic hydroxyl groups is 1. The van der Waals surface area contributed by atoms with Crippen LogP contribution in [0.25, 0.3) is 0 Å². The molecule has 0 saturated carbocycles. The molecule has 0 radical (unpaired) electrons. The first kappa shape index (κ1) is 15.0. The minimum Gasteiger partial charge on any atom is -0.399 e. The van der Waals surface area contributed by atoms with Crippen LogP contribution in [0.5, 0.6) is 0 Å². The van der Waals surface area contributed by atoms with Crippen LogP contribution in [-0.4, -0.2) is 24.3 Å². The summed E-state index contributed by atoms with van der Waals surface area (Å²) in [6.07, 6.45) is -1.36. The van der Waals surface area contributed by atoms with Gasteiger partial charge in [-0.1, -0.05) is 0 Å². The first-order chi connectivity index (χ1) is 9.43. The van der Waals surface area contributed by atoms with E-state index in [2.05, 4.69) is 0 Å². The average molecular weight is 288 g/mol. The Kier molecular flexibility index (Phi) is 4.42. The van der Waals surface area contributed by atoms with Gasteiger partial charge in [-0.25, -0.2) is 0 Å². The molecule has 0 aliphatic carbocycles. The highest BCUT2D eigenvalue weighted by molar-refractivity contribution is 5.61. The Bertz CT molecular complexity index is 462. The smallest absolute Gasteiger partial charge is 0.399 e. The molecule has 112 valence electrons. The van der Waals surface area contributed by atoms with Gasteiger partial charge in [0, 0.05) is 30.6 Å². The quantitative estimate of drug-likeness (QED) is 0.837. The molecular weight excluding hydrogens is 269 g/mol. The summed E-state index contributed by atoms with van der Waals surface area (Å²) in [5.74, 6) is 0. The molecule has 1 aliphatic rings. The third-order valence-electron chi connectivity index (χ3n) is 3.71. The van der Waals surface area contributed by atoms with Crippen molar-refractivity contribution in [2.45, 2.75) is 37.9 Å². The Balaban J connectivity index is 2.31. The maximum atomic E-state index is 13.1. The second kappa shape index (κ2) is 5.91. The van der Waals surface area contributed by atoms with Crippen molar-refractivity contribution >= 4 is 11.4 Å². The standard InChI is InChI=1S/C14H19F3N2O/c15-14(16,17)12-9-10(18)5-6-13(12)19-7-1-3-11(19)4-2-8-20/h5-6,9,11,20H,1-4,7-8,18H2. The lowest BCUT2D eigenvalue weighted by molar-refractivity contribution is -0.137. The first-order valence-electron chi connectivity index (χ1n) is 6.77. The van der Waals surface area contributed by atoms with E-state index in [0.717, 1.165) is 18.9 Å². The van der Waals surface area contributed by atoms with E-state index in [1.54, 1.807) is 4.90 Å². The summed E-state index contributed by atoms with van der Waals surface area (Å²) in [4.78, 5) is 1.80. The van der Waals surface area contributed by atoms with Crippen LogP contribution in [0.15, 0.2) is 18.2 Å². The molecule has 1 unspecified atom stereocenters. The van der Waals surface area contributed by atoms with Crippen molar-refractivity contribution in [3.05, 3.63) is 23.8 Å². The number of nitrogen functional groups attached to an aromatic ring is 1. The number of hydrogen-bond donors (Lipinski definition) is 2. The van der Waals surface area contributed by atoms with Gasteiger partial charge in [0.25, 0.3) is 0 Å². The minimum atomic E-state index is -4.41. The second-order valence-corrected chi connectivity index (χ2v) is 5.13. The molecule has 6 heteroatoms. The lowest BCUT2D eigenvalue weighted by Crippen LogP contribution is -2.31. The van der Waals surface area contributed by atoms with E-state index in [0.29, 0.717) is 19.4 Å². The van der Waals surface area contributed by atoms with Gasteiger partial charge >= 0.3 is 6.18 Å². The molecule has 0 amide bonds. The van der Waals surface area contributed by atoms with Crippen molar-refractivity contribution < 1.29 is 18.3 Å². The normalized spacial score (nSPS) is 19.6. The number of anilines is 2. The number of hydrogen-bond acceptors (Lipinski definition) is 3. The summed E-state index contributed by atoms with van der Waals surface area (Å²) in [7, 11) is 0. The van der Waals surface area contributed by atoms with Gasteiger partial charge in [-0.3, -0.25) is 0 Å². The average Bonchev–Trinajstić information content (AvgIpc) is 2.83. The number of aliphatic hydroxyl groups excluding tert-OH is 1. The van der Waals surface area contributed by atoms with E-state index in [1.165, 1.54) is 12.1 Å². The lowest BCUT2D eigenvalue weighted by Gasteiger charge is -2.29. The second-order valence-electron chi connectivity index (χ2n) is 5.13. The largest absolute Gasteiger partial charge is 0.418 e. The predicted octanol–water partition coefficient (Wildman–Crippen LogP) is 3.03. The molecule has 1 aromatic carbocycles. The van der Waals surface area contributed by atoms with Crippen LogP contribution in [0.4, 0.5) is 24.5 Å². The maximum absolute atomic E-state index is 13.1. The molecule has 1 heterocycles. The molecule has 3 nitrogen and oxygen atoms in total. The third kappa shape index (κ3) is 3.17. The number of alkyl halides is 3. The van der Waals surface area contributed by atoms with Gasteiger partial charge in [-0.05, 0) is 43.9 Å². The van der Waals surface area contributed by atoms with Gasteiger partial charge in [-0.15, -0.1) is 0 Å². The molecule has 0 bridgehead atoms. The van der Waals surface area contributed by atoms with Gasteiger partial charge in [-0.2, -0.15) is 13.2 Å². The molecule has 3 N–H and O–H groups in total. The van der Waals surface area contributed by atoms with Crippen LogP contribution in [0.3, 0.4) is 0 Å². The van der Waals surface area contributed by atoms with Crippen molar-refractivity contribution in [1.29, 1.82) is 0 Å². The van der Waals surface area contributed by atoms with Gasteiger partial charge < -0.3 is 15.7 Å². The van der Waals surface area contributed by atoms with E-state index in [-0.39, 0.29) is 24.0 Å². The summed E-state index contributed by atoms with van der Waals surface area (Å²) in [5, 5.41) is 8.89. The highest BCUT2D eigenvalue weighted by atomic mass is 19.4. The summed E-state index contributed by atoms with van der Waals surface area (Å²) in [5.41, 5.74) is 5.13. The van der Waals surface area contributed by atoms with Crippen molar-refractivity contribution in [1.82, 2.24) is 0 Å². The molecular formula is C14H19F3N2O. The zero-order valence-electron chi connectivity index (χ0n) is 11.2. The highest BCUT2D eigenvalue weighted by Crippen LogP contribution is 2.40. The Labute approximate surface area is 116 Å². The maximum Gasteiger partial charge on any atom is 0.418 e. The summed E-state index contributed by atoms with van der Waals surface area (Å²) >= 11 is 0. The number of nitrogens with zero attached hydrogens (tertiary/aromatic N) is 1. The SMILES string of the molecule is Nc1ccc(N2CCCC2CCCO)c(C(F)(F)F)c1. The fourth-order valence-electron chi connectivity index (χ4n) is 2.81. The van der Waals surface area contributed by atoms with E-state index in [1.807, 2.05) is 0 Å². The first-order valence-corrected chi connectivity index (χ1v) is 6.77. The van der Waals surface area contributed by atoms with Crippen LogP contribution >= 0.6 is 0 Å². The molecule has 0 aromatic heterocycles. The van der Waals surface area contributed by atoms with E-state index in [9.17, 15) is 13.2 Å². The monoisotopic (exact) mass is 288 g/mol. The lowest BCUT2D eigenvalue weighted by atomic mass is 10.1. The third-order valence-corrected chi connectivity index (χ3v) is 3.71. The van der Waals surface area contributed by atoms with Gasteiger partial charge in [0.15, 0.2) is 0 Å². The number of benzene rings is 1. The zero-order valence-corrected chi connectivity index (χ0v) is 11.2. The number of nitrogens with two attached hydrogens (primary N) is 1. The zero-order chi connectivity index (χ0) is 14.8. The Hall–Kier alpha value is -1.43. The van der Waals surface area contributed by atoms with E-state index < -0.39 is 11.7 Å². The van der Waals surface area contributed by atoms with E-state index >= 15 is 0 Å². The Morgan fingerprint density at radius 3 is 2.75 bits per heavy atom. The van der Waals surface area contributed by atoms with Crippen LogP contribution in [0.1, 0.15) is 31.2 Å².